The molecule has 0 aromatic carbocycles. The van der Waals surface area contributed by atoms with E-state index >= 15 is 0 Å². The van der Waals surface area contributed by atoms with Crippen LogP contribution in [0.4, 0.5) is 11.8 Å². The van der Waals surface area contributed by atoms with Crippen molar-refractivity contribution in [3.05, 3.63) is 10.7 Å². The lowest BCUT2D eigenvalue weighted by atomic mass is 10.1. The number of nitrogens with zero attached hydrogens (tertiary/aromatic N) is 3. The van der Waals surface area contributed by atoms with Crippen LogP contribution in [0.1, 0.15) is 19.3 Å². The Labute approximate surface area is 121 Å². The van der Waals surface area contributed by atoms with Gasteiger partial charge in [-0.15, -0.1) is 4.83 Å². The Hall–Kier alpha value is -0.930. The van der Waals surface area contributed by atoms with Crippen molar-refractivity contribution in [2.75, 3.05) is 29.7 Å². The van der Waals surface area contributed by atoms with Crippen molar-refractivity contribution in [2.45, 2.75) is 19.3 Å². The van der Waals surface area contributed by atoms with Crippen LogP contribution in [0.5, 0.6) is 0 Å². The second-order valence-corrected chi connectivity index (χ2v) is 7.01. The van der Waals surface area contributed by atoms with Gasteiger partial charge in [0.2, 0.25) is 16.0 Å². The summed E-state index contributed by atoms with van der Waals surface area (Å²) in [6, 6.07) is 0. The standard InChI is InChI=1S/C10H16BrN5O2S/c1-19(17,18)15-14-10-12-7-8(11)9(13-10)16-5-3-2-4-6-16/h7,15H,2-6H2,1H3,(H,12,13,14). The van der Waals surface area contributed by atoms with E-state index in [1.165, 1.54) is 6.42 Å². The van der Waals surface area contributed by atoms with Crippen molar-refractivity contribution >= 4 is 37.7 Å². The number of aromatic nitrogens is 2. The molecule has 19 heavy (non-hydrogen) atoms. The van der Waals surface area contributed by atoms with Crippen LogP contribution in [0.2, 0.25) is 0 Å². The molecule has 0 unspecified atom stereocenters. The largest absolute Gasteiger partial charge is 0.356 e. The van der Waals surface area contributed by atoms with Crippen molar-refractivity contribution in [2.24, 2.45) is 0 Å². The smallest absolute Gasteiger partial charge is 0.240 e. The van der Waals surface area contributed by atoms with E-state index < -0.39 is 10.0 Å². The van der Waals surface area contributed by atoms with Crippen LogP contribution in [0.25, 0.3) is 0 Å². The second kappa shape index (κ2) is 6.02. The molecule has 1 fully saturated rings. The molecule has 2 rings (SSSR count). The first-order valence-corrected chi connectivity index (χ1v) is 8.64. The molecule has 0 saturated carbocycles. The van der Waals surface area contributed by atoms with Gasteiger partial charge in [0.15, 0.2) is 0 Å². The summed E-state index contributed by atoms with van der Waals surface area (Å²) in [7, 11) is -3.34. The average molecular weight is 350 g/mol. The van der Waals surface area contributed by atoms with E-state index in [1.54, 1.807) is 6.20 Å². The van der Waals surface area contributed by atoms with Gasteiger partial charge in [0.05, 0.1) is 10.7 Å². The minimum atomic E-state index is -3.34. The third-order valence-electron chi connectivity index (χ3n) is 2.73. The van der Waals surface area contributed by atoms with Gasteiger partial charge in [0.25, 0.3) is 0 Å². The first-order chi connectivity index (χ1) is 8.96. The molecule has 9 heteroatoms. The van der Waals surface area contributed by atoms with E-state index in [2.05, 4.69) is 41.1 Å². The SMILES string of the molecule is CS(=O)(=O)NNc1ncc(Br)c(N2CCCCC2)n1. The predicted octanol–water partition coefficient (Wildman–Crippen LogP) is 1.11. The van der Waals surface area contributed by atoms with Crippen molar-refractivity contribution < 1.29 is 8.42 Å². The Bertz CT molecular complexity index is 545. The average Bonchev–Trinajstić information content (AvgIpc) is 2.38. The van der Waals surface area contributed by atoms with Gasteiger partial charge in [0.1, 0.15) is 5.82 Å². The lowest BCUT2D eigenvalue weighted by Crippen LogP contribution is -2.32. The van der Waals surface area contributed by atoms with Gasteiger partial charge >= 0.3 is 0 Å². The zero-order valence-corrected chi connectivity index (χ0v) is 13.0. The fourth-order valence-electron chi connectivity index (χ4n) is 1.88. The summed E-state index contributed by atoms with van der Waals surface area (Å²) in [6.45, 7) is 1.91. The summed E-state index contributed by atoms with van der Waals surface area (Å²) < 4.78 is 22.8. The molecular weight excluding hydrogens is 334 g/mol. The van der Waals surface area contributed by atoms with Crippen molar-refractivity contribution in [3.63, 3.8) is 0 Å². The first kappa shape index (κ1) is 14.5. The number of sulfonamides is 1. The van der Waals surface area contributed by atoms with Gasteiger partial charge in [0, 0.05) is 19.3 Å². The molecule has 2 heterocycles. The molecule has 0 radical (unpaired) electrons. The van der Waals surface area contributed by atoms with Gasteiger partial charge in [-0.1, -0.05) is 0 Å². The fourth-order valence-corrected chi connectivity index (χ4v) is 2.60. The van der Waals surface area contributed by atoms with Crippen LogP contribution in [-0.2, 0) is 10.0 Å². The van der Waals surface area contributed by atoms with Gasteiger partial charge in [-0.3, -0.25) is 5.43 Å². The third kappa shape index (κ3) is 4.29. The number of hydrazine groups is 1. The van der Waals surface area contributed by atoms with Crippen LogP contribution in [-0.4, -0.2) is 37.7 Å². The Kier molecular flexibility index (Phi) is 4.58. The Morgan fingerprint density at radius 2 is 2.00 bits per heavy atom. The maximum Gasteiger partial charge on any atom is 0.240 e. The Balaban J connectivity index is 2.14. The van der Waals surface area contributed by atoms with Crippen LogP contribution in [0.3, 0.4) is 0 Å². The molecule has 1 aliphatic heterocycles. The molecule has 1 saturated heterocycles. The zero-order chi connectivity index (χ0) is 13.9. The highest BCUT2D eigenvalue weighted by molar-refractivity contribution is 9.10. The van der Waals surface area contributed by atoms with Crippen molar-refractivity contribution in [1.82, 2.24) is 14.8 Å². The third-order valence-corrected chi connectivity index (χ3v) is 3.76. The molecule has 106 valence electrons. The summed E-state index contributed by atoms with van der Waals surface area (Å²) in [5.41, 5.74) is 2.48. The number of anilines is 2. The molecule has 7 nitrogen and oxygen atoms in total. The number of hydrogen-bond donors (Lipinski definition) is 2. The summed E-state index contributed by atoms with van der Waals surface area (Å²) in [6.07, 6.45) is 6.19. The topological polar surface area (TPSA) is 87.2 Å². The van der Waals surface area contributed by atoms with E-state index in [0.29, 0.717) is 0 Å². The number of nitrogens with one attached hydrogen (secondary N) is 2. The molecule has 0 aliphatic carbocycles. The summed E-state index contributed by atoms with van der Waals surface area (Å²) in [5, 5.41) is 0. The zero-order valence-electron chi connectivity index (χ0n) is 10.6. The van der Waals surface area contributed by atoms with E-state index in [9.17, 15) is 8.42 Å². The van der Waals surface area contributed by atoms with Gasteiger partial charge in [-0.25, -0.2) is 13.4 Å². The Morgan fingerprint density at radius 3 is 2.63 bits per heavy atom. The van der Waals surface area contributed by atoms with E-state index in [1.807, 2.05) is 0 Å². The van der Waals surface area contributed by atoms with Gasteiger partial charge in [-0.05, 0) is 35.2 Å². The normalized spacial score (nSPS) is 16.4. The summed E-state index contributed by atoms with van der Waals surface area (Å²) in [5.74, 6) is 1.02. The molecule has 1 aromatic rings. The van der Waals surface area contributed by atoms with Crippen LogP contribution in [0, 0.1) is 0 Å². The highest BCUT2D eigenvalue weighted by Gasteiger charge is 2.16. The quantitative estimate of drug-likeness (QED) is 0.791. The molecule has 1 aromatic heterocycles. The van der Waals surface area contributed by atoms with E-state index in [0.717, 1.165) is 42.5 Å². The Morgan fingerprint density at radius 1 is 1.32 bits per heavy atom. The lowest BCUT2D eigenvalue weighted by molar-refractivity contribution is 0.572. The number of hydrogen-bond acceptors (Lipinski definition) is 6. The first-order valence-electron chi connectivity index (χ1n) is 5.96. The number of rotatable bonds is 4. The van der Waals surface area contributed by atoms with Crippen LogP contribution < -0.4 is 15.2 Å². The van der Waals surface area contributed by atoms with Gasteiger partial charge < -0.3 is 4.90 Å². The van der Waals surface area contributed by atoms with Crippen LogP contribution >= 0.6 is 15.9 Å². The molecular formula is C10H16BrN5O2S. The highest BCUT2D eigenvalue weighted by Crippen LogP contribution is 2.26. The molecule has 0 amide bonds. The fraction of sp³-hybridized carbons (Fsp3) is 0.600. The minimum absolute atomic E-state index is 0.231. The number of piperidine rings is 1. The molecule has 2 N–H and O–H groups in total. The summed E-state index contributed by atoms with van der Waals surface area (Å²) >= 11 is 3.42. The summed E-state index contributed by atoms with van der Waals surface area (Å²) in [4.78, 5) is 12.7. The molecule has 0 atom stereocenters. The monoisotopic (exact) mass is 349 g/mol. The van der Waals surface area contributed by atoms with Crippen molar-refractivity contribution in [1.29, 1.82) is 0 Å². The van der Waals surface area contributed by atoms with Crippen LogP contribution in [0.15, 0.2) is 10.7 Å². The predicted molar refractivity (Wildman–Crippen MR) is 77.4 cm³/mol. The second-order valence-electron chi connectivity index (χ2n) is 4.41. The van der Waals surface area contributed by atoms with Crippen molar-refractivity contribution in [3.8, 4) is 0 Å². The molecule has 1 aliphatic rings. The minimum Gasteiger partial charge on any atom is -0.356 e. The highest BCUT2D eigenvalue weighted by atomic mass is 79.9. The van der Waals surface area contributed by atoms with E-state index in [-0.39, 0.29) is 5.95 Å². The number of halogens is 1. The van der Waals surface area contributed by atoms with E-state index in [4.69, 9.17) is 0 Å². The molecule has 0 spiro atoms. The van der Waals surface area contributed by atoms with Gasteiger partial charge in [-0.2, -0.15) is 4.98 Å². The maximum atomic E-state index is 11.0. The molecule has 0 bridgehead atoms. The maximum absolute atomic E-state index is 11.0. The lowest BCUT2D eigenvalue weighted by Gasteiger charge is -2.28.